The summed E-state index contributed by atoms with van der Waals surface area (Å²) in [4.78, 5) is 23.2. The van der Waals surface area contributed by atoms with Crippen molar-refractivity contribution in [3.8, 4) is 0 Å². The summed E-state index contributed by atoms with van der Waals surface area (Å²) < 4.78 is 5.04. The molecule has 27 heavy (non-hydrogen) atoms. The molecule has 0 radical (unpaired) electrons. The van der Waals surface area contributed by atoms with Gasteiger partial charge in [-0.3, -0.25) is 4.79 Å². The number of carbonyl (C=O) groups is 1. The van der Waals surface area contributed by atoms with Gasteiger partial charge in [0.25, 0.3) is 5.91 Å². The van der Waals surface area contributed by atoms with Gasteiger partial charge in [0, 0.05) is 37.2 Å². The number of nitrogens with zero attached hydrogens (tertiary/aromatic N) is 4. The highest BCUT2D eigenvalue weighted by molar-refractivity contribution is 6.05. The zero-order valence-electron chi connectivity index (χ0n) is 16.0. The standard InChI is InChI=1S/C19H22N6O2/c1-11-10-16(25(4)5)23-19(20-11)22-15-8-6-14(7-9-15)21-18(26)17-12(2)24-27-13(17)3/h6-10H,1-5H3,(H,21,26)(H,20,22,23). The molecule has 0 unspecified atom stereocenters. The lowest BCUT2D eigenvalue weighted by molar-refractivity contribution is 0.102. The Morgan fingerprint density at radius 2 is 1.70 bits per heavy atom. The molecule has 2 aromatic heterocycles. The van der Waals surface area contributed by atoms with Crippen molar-refractivity contribution in [3.05, 3.63) is 53.0 Å². The fourth-order valence-corrected chi connectivity index (χ4v) is 2.60. The number of aryl methyl sites for hydroxylation is 3. The summed E-state index contributed by atoms with van der Waals surface area (Å²) in [5, 5.41) is 9.83. The molecule has 2 heterocycles. The van der Waals surface area contributed by atoms with Crippen molar-refractivity contribution in [1.29, 1.82) is 0 Å². The molecule has 3 aromatic rings. The van der Waals surface area contributed by atoms with Crippen LogP contribution in [0, 0.1) is 20.8 Å². The number of hydrogen-bond acceptors (Lipinski definition) is 7. The van der Waals surface area contributed by atoms with Crippen molar-refractivity contribution in [1.82, 2.24) is 15.1 Å². The summed E-state index contributed by atoms with van der Waals surface area (Å²) in [6.07, 6.45) is 0. The number of amides is 1. The van der Waals surface area contributed by atoms with E-state index >= 15 is 0 Å². The van der Waals surface area contributed by atoms with Crippen LogP contribution in [0.2, 0.25) is 0 Å². The van der Waals surface area contributed by atoms with Gasteiger partial charge in [0.1, 0.15) is 17.1 Å². The van der Waals surface area contributed by atoms with Crippen molar-refractivity contribution < 1.29 is 9.32 Å². The molecular weight excluding hydrogens is 344 g/mol. The van der Waals surface area contributed by atoms with E-state index in [4.69, 9.17) is 4.52 Å². The number of rotatable bonds is 5. The van der Waals surface area contributed by atoms with Gasteiger partial charge in [0.05, 0.1) is 5.69 Å². The fraction of sp³-hybridized carbons (Fsp3) is 0.263. The number of nitrogens with one attached hydrogen (secondary N) is 2. The molecule has 0 saturated heterocycles. The van der Waals surface area contributed by atoms with Crippen LogP contribution in [0.25, 0.3) is 0 Å². The van der Waals surface area contributed by atoms with E-state index in [1.54, 1.807) is 26.0 Å². The Hall–Kier alpha value is -3.42. The third kappa shape index (κ3) is 4.22. The predicted molar refractivity (Wildman–Crippen MR) is 105 cm³/mol. The largest absolute Gasteiger partial charge is 0.363 e. The Bertz CT molecular complexity index is 943. The Kier molecular flexibility index (Phi) is 5.07. The van der Waals surface area contributed by atoms with E-state index in [1.165, 1.54) is 0 Å². The smallest absolute Gasteiger partial charge is 0.261 e. The van der Waals surface area contributed by atoms with Crippen LogP contribution in [0.15, 0.2) is 34.9 Å². The van der Waals surface area contributed by atoms with Gasteiger partial charge in [-0.05, 0) is 45.0 Å². The minimum Gasteiger partial charge on any atom is -0.363 e. The van der Waals surface area contributed by atoms with Crippen molar-refractivity contribution in [3.63, 3.8) is 0 Å². The van der Waals surface area contributed by atoms with Gasteiger partial charge < -0.3 is 20.1 Å². The van der Waals surface area contributed by atoms with Crippen LogP contribution in [0.1, 0.15) is 27.5 Å². The van der Waals surface area contributed by atoms with Gasteiger partial charge in [-0.2, -0.15) is 4.98 Å². The van der Waals surface area contributed by atoms with E-state index in [0.717, 1.165) is 17.2 Å². The summed E-state index contributed by atoms with van der Waals surface area (Å²) in [6, 6.07) is 9.23. The van der Waals surface area contributed by atoms with Crippen molar-refractivity contribution in [2.75, 3.05) is 29.6 Å². The minimum absolute atomic E-state index is 0.246. The molecule has 0 aliphatic rings. The summed E-state index contributed by atoms with van der Waals surface area (Å²) in [5.74, 6) is 1.60. The lowest BCUT2D eigenvalue weighted by Gasteiger charge is -2.14. The second-order valence-electron chi connectivity index (χ2n) is 6.44. The molecule has 0 saturated carbocycles. The molecule has 8 nitrogen and oxygen atoms in total. The molecule has 1 aromatic carbocycles. The first kappa shape index (κ1) is 18.4. The average molecular weight is 366 g/mol. The van der Waals surface area contributed by atoms with Gasteiger partial charge in [0.15, 0.2) is 0 Å². The highest BCUT2D eigenvalue weighted by Crippen LogP contribution is 2.20. The SMILES string of the molecule is Cc1cc(N(C)C)nc(Nc2ccc(NC(=O)c3c(C)noc3C)cc2)n1. The second kappa shape index (κ2) is 7.45. The Morgan fingerprint density at radius 1 is 1.04 bits per heavy atom. The molecule has 0 spiro atoms. The van der Waals surface area contributed by atoms with Gasteiger partial charge >= 0.3 is 0 Å². The molecule has 0 aliphatic heterocycles. The molecule has 2 N–H and O–H groups in total. The second-order valence-corrected chi connectivity index (χ2v) is 6.44. The Morgan fingerprint density at radius 3 is 2.30 bits per heavy atom. The van der Waals surface area contributed by atoms with Crippen molar-refractivity contribution in [2.24, 2.45) is 0 Å². The lowest BCUT2D eigenvalue weighted by Crippen LogP contribution is -2.13. The highest BCUT2D eigenvalue weighted by Gasteiger charge is 2.17. The van der Waals surface area contributed by atoms with Crippen LogP contribution in [0.3, 0.4) is 0 Å². The molecule has 1 amide bonds. The third-order valence-electron chi connectivity index (χ3n) is 3.96. The maximum absolute atomic E-state index is 12.4. The van der Waals surface area contributed by atoms with E-state index in [0.29, 0.717) is 28.7 Å². The van der Waals surface area contributed by atoms with Crippen LogP contribution in [0.4, 0.5) is 23.1 Å². The first-order chi connectivity index (χ1) is 12.8. The summed E-state index contributed by atoms with van der Waals surface area (Å²) in [5.41, 5.74) is 3.39. The molecule has 140 valence electrons. The molecule has 0 fully saturated rings. The van der Waals surface area contributed by atoms with E-state index < -0.39 is 0 Å². The zero-order valence-corrected chi connectivity index (χ0v) is 16.0. The monoisotopic (exact) mass is 366 g/mol. The van der Waals surface area contributed by atoms with E-state index in [-0.39, 0.29) is 5.91 Å². The van der Waals surface area contributed by atoms with Gasteiger partial charge in [-0.15, -0.1) is 0 Å². The van der Waals surface area contributed by atoms with E-state index in [1.807, 2.05) is 44.1 Å². The minimum atomic E-state index is -0.246. The van der Waals surface area contributed by atoms with E-state index in [9.17, 15) is 4.79 Å². The average Bonchev–Trinajstić information content (AvgIpc) is 2.94. The molecule has 0 bridgehead atoms. The van der Waals surface area contributed by atoms with Crippen LogP contribution in [-0.2, 0) is 0 Å². The molecule has 8 heteroatoms. The maximum Gasteiger partial charge on any atom is 0.261 e. The Balaban J connectivity index is 1.72. The van der Waals surface area contributed by atoms with Crippen LogP contribution < -0.4 is 15.5 Å². The number of carbonyl (C=O) groups excluding carboxylic acids is 1. The van der Waals surface area contributed by atoms with Crippen LogP contribution in [0.5, 0.6) is 0 Å². The van der Waals surface area contributed by atoms with Gasteiger partial charge in [0.2, 0.25) is 5.95 Å². The quantitative estimate of drug-likeness (QED) is 0.714. The molecule has 0 atom stereocenters. The molecule has 0 aliphatic carbocycles. The van der Waals surface area contributed by atoms with E-state index in [2.05, 4.69) is 25.8 Å². The number of benzene rings is 1. The maximum atomic E-state index is 12.4. The van der Waals surface area contributed by atoms with Crippen LogP contribution >= 0.6 is 0 Å². The topological polar surface area (TPSA) is 96.2 Å². The normalized spacial score (nSPS) is 10.6. The van der Waals surface area contributed by atoms with Gasteiger partial charge in [-0.25, -0.2) is 4.98 Å². The van der Waals surface area contributed by atoms with Crippen molar-refractivity contribution >= 4 is 29.0 Å². The summed E-state index contributed by atoms with van der Waals surface area (Å²) in [7, 11) is 3.87. The van der Waals surface area contributed by atoms with Crippen LogP contribution in [-0.4, -0.2) is 35.1 Å². The molecular formula is C19H22N6O2. The lowest BCUT2D eigenvalue weighted by atomic mass is 10.2. The summed E-state index contributed by atoms with van der Waals surface area (Å²) >= 11 is 0. The Labute approximate surface area is 157 Å². The first-order valence-corrected chi connectivity index (χ1v) is 8.48. The number of aromatic nitrogens is 3. The van der Waals surface area contributed by atoms with Gasteiger partial charge in [-0.1, -0.05) is 5.16 Å². The molecule has 3 rings (SSSR count). The first-order valence-electron chi connectivity index (χ1n) is 8.48. The number of hydrogen-bond donors (Lipinski definition) is 2. The predicted octanol–water partition coefficient (Wildman–Crippen LogP) is 3.45. The van der Waals surface area contributed by atoms with Crippen molar-refractivity contribution in [2.45, 2.75) is 20.8 Å². The zero-order chi connectivity index (χ0) is 19.6. The third-order valence-corrected chi connectivity index (χ3v) is 3.96. The highest BCUT2D eigenvalue weighted by atomic mass is 16.5. The number of anilines is 4. The fourth-order valence-electron chi connectivity index (χ4n) is 2.60. The summed E-state index contributed by atoms with van der Waals surface area (Å²) in [6.45, 7) is 5.38.